The van der Waals surface area contributed by atoms with Gasteiger partial charge in [0.15, 0.2) is 17.3 Å². The molecule has 0 unspecified atom stereocenters. The fraction of sp³-hybridized carbons (Fsp3) is 0.118. The highest BCUT2D eigenvalue weighted by Gasteiger charge is 2.12. The predicted molar refractivity (Wildman–Crippen MR) is 89.3 cm³/mol. The van der Waals surface area contributed by atoms with Crippen LogP contribution in [0.4, 0.5) is 0 Å². The Kier molecular flexibility index (Phi) is 4.74. The van der Waals surface area contributed by atoms with Crippen LogP contribution in [0, 0.1) is 0 Å². The van der Waals surface area contributed by atoms with Crippen LogP contribution >= 0.6 is 23.2 Å². The Morgan fingerprint density at radius 1 is 1.09 bits per heavy atom. The van der Waals surface area contributed by atoms with Crippen LogP contribution in [0.25, 0.3) is 0 Å². The summed E-state index contributed by atoms with van der Waals surface area (Å²) < 4.78 is 10.6. The number of halogens is 2. The highest BCUT2D eigenvalue weighted by Crippen LogP contribution is 2.32. The maximum Gasteiger partial charge on any atom is 0.231 e. The summed E-state index contributed by atoms with van der Waals surface area (Å²) in [5, 5.41) is 3.85. The van der Waals surface area contributed by atoms with E-state index >= 15 is 0 Å². The summed E-state index contributed by atoms with van der Waals surface area (Å²) in [5.74, 6) is 1.33. The minimum atomic E-state index is -0.151. The van der Waals surface area contributed by atoms with Gasteiger partial charge >= 0.3 is 0 Å². The van der Waals surface area contributed by atoms with Gasteiger partial charge in [0, 0.05) is 24.4 Å². The van der Waals surface area contributed by atoms with Crippen LogP contribution in [0.5, 0.6) is 11.5 Å². The molecule has 1 aliphatic rings. The van der Waals surface area contributed by atoms with E-state index in [1.54, 1.807) is 24.4 Å². The second kappa shape index (κ2) is 6.94. The number of ether oxygens (including phenoxy) is 2. The van der Waals surface area contributed by atoms with E-state index in [0.29, 0.717) is 22.2 Å². The fourth-order valence-corrected chi connectivity index (χ4v) is 2.41. The zero-order chi connectivity index (χ0) is 16.2. The predicted octanol–water partition coefficient (Wildman–Crippen LogP) is 4.21. The van der Waals surface area contributed by atoms with E-state index in [4.69, 9.17) is 32.7 Å². The Hall–Kier alpha value is -2.17. The van der Waals surface area contributed by atoms with Crippen LogP contribution < -0.4 is 14.8 Å². The first kappa shape index (κ1) is 15.7. The van der Waals surface area contributed by atoms with E-state index in [9.17, 15) is 4.79 Å². The molecule has 0 spiro atoms. The molecule has 4 nitrogen and oxygen atoms in total. The van der Waals surface area contributed by atoms with E-state index in [1.807, 2.05) is 18.2 Å². The van der Waals surface area contributed by atoms with Crippen molar-refractivity contribution in [2.45, 2.75) is 6.54 Å². The first-order valence-electron chi connectivity index (χ1n) is 6.91. The number of nitrogens with one attached hydrogen (secondary N) is 1. The molecule has 3 rings (SSSR count). The molecule has 1 heterocycles. The molecular weight excluding hydrogens is 337 g/mol. The van der Waals surface area contributed by atoms with Gasteiger partial charge in [0.25, 0.3) is 0 Å². The lowest BCUT2D eigenvalue weighted by atomic mass is 10.1. The second-order valence-corrected chi connectivity index (χ2v) is 5.71. The minimum absolute atomic E-state index is 0.151. The molecule has 1 N–H and O–H groups in total. The number of fused-ring (bicyclic) bond motifs is 1. The molecule has 0 atom stereocenters. The topological polar surface area (TPSA) is 47.6 Å². The van der Waals surface area contributed by atoms with Gasteiger partial charge in [0.2, 0.25) is 6.79 Å². The molecule has 23 heavy (non-hydrogen) atoms. The minimum Gasteiger partial charge on any atom is -0.454 e. The smallest absolute Gasteiger partial charge is 0.231 e. The number of ketones is 1. The van der Waals surface area contributed by atoms with Crippen molar-refractivity contribution >= 4 is 29.0 Å². The number of hydrogen-bond donors (Lipinski definition) is 1. The van der Waals surface area contributed by atoms with E-state index in [-0.39, 0.29) is 12.6 Å². The van der Waals surface area contributed by atoms with Gasteiger partial charge in [-0.1, -0.05) is 29.3 Å². The summed E-state index contributed by atoms with van der Waals surface area (Å²) in [6.07, 6.45) is 3.06. The van der Waals surface area contributed by atoms with Crippen molar-refractivity contribution in [3.05, 3.63) is 69.8 Å². The zero-order valence-electron chi connectivity index (χ0n) is 12.0. The second-order valence-electron chi connectivity index (χ2n) is 4.89. The number of allylic oxidation sites excluding steroid dienone is 1. The first-order valence-corrected chi connectivity index (χ1v) is 7.67. The van der Waals surface area contributed by atoms with Gasteiger partial charge in [0.1, 0.15) is 0 Å². The van der Waals surface area contributed by atoms with Crippen molar-refractivity contribution in [3.63, 3.8) is 0 Å². The summed E-state index contributed by atoms with van der Waals surface area (Å²) in [4.78, 5) is 12.0. The molecule has 2 aromatic rings. The maximum absolute atomic E-state index is 12.0. The van der Waals surface area contributed by atoms with Crippen LogP contribution in [0.3, 0.4) is 0 Å². The lowest BCUT2D eigenvalue weighted by molar-refractivity contribution is 0.104. The molecule has 1 aliphatic heterocycles. The van der Waals surface area contributed by atoms with Gasteiger partial charge in [-0.15, -0.1) is 0 Å². The lowest BCUT2D eigenvalue weighted by Crippen LogP contribution is -2.06. The third kappa shape index (κ3) is 3.78. The molecule has 0 radical (unpaired) electrons. The van der Waals surface area contributed by atoms with Crippen molar-refractivity contribution in [3.8, 4) is 11.5 Å². The molecule has 0 saturated carbocycles. The van der Waals surface area contributed by atoms with Gasteiger partial charge in [-0.25, -0.2) is 0 Å². The highest BCUT2D eigenvalue weighted by atomic mass is 35.5. The number of carbonyl (C=O) groups excluding carboxylic acids is 1. The Balaban J connectivity index is 1.56. The molecule has 0 fully saturated rings. The number of hydrogen-bond acceptors (Lipinski definition) is 4. The zero-order valence-corrected chi connectivity index (χ0v) is 13.5. The number of carbonyl (C=O) groups is 1. The molecular formula is C17H13Cl2NO3. The van der Waals surface area contributed by atoms with E-state index in [0.717, 1.165) is 17.1 Å². The molecule has 0 aliphatic carbocycles. The molecule has 0 amide bonds. The number of rotatable bonds is 5. The largest absolute Gasteiger partial charge is 0.454 e. The molecule has 0 bridgehead atoms. The molecule has 118 valence electrons. The lowest BCUT2D eigenvalue weighted by Gasteiger charge is -2.03. The van der Waals surface area contributed by atoms with Crippen LogP contribution in [0.2, 0.25) is 10.0 Å². The standard InChI is InChI=1S/C17H13Cl2NO3/c18-13-3-2-12(8-14(13)19)15(21)5-6-20-9-11-1-4-16-17(7-11)23-10-22-16/h1-8,20H,9-10H2/b6-5+. The summed E-state index contributed by atoms with van der Waals surface area (Å²) in [5.41, 5.74) is 1.52. The van der Waals surface area contributed by atoms with Crippen LogP contribution in [-0.4, -0.2) is 12.6 Å². The fourth-order valence-electron chi connectivity index (χ4n) is 2.11. The molecule has 2 aromatic carbocycles. The van der Waals surface area contributed by atoms with Gasteiger partial charge < -0.3 is 14.8 Å². The third-order valence-electron chi connectivity index (χ3n) is 3.30. The van der Waals surface area contributed by atoms with Crippen LogP contribution in [0.15, 0.2) is 48.7 Å². The Bertz CT molecular complexity index is 774. The van der Waals surface area contributed by atoms with Gasteiger partial charge in [-0.3, -0.25) is 4.79 Å². The van der Waals surface area contributed by atoms with Gasteiger partial charge in [-0.2, -0.15) is 0 Å². The van der Waals surface area contributed by atoms with E-state index in [1.165, 1.54) is 6.08 Å². The summed E-state index contributed by atoms with van der Waals surface area (Å²) >= 11 is 11.7. The van der Waals surface area contributed by atoms with Crippen molar-refractivity contribution in [1.82, 2.24) is 5.32 Å². The first-order chi connectivity index (χ1) is 11.1. The third-order valence-corrected chi connectivity index (χ3v) is 4.04. The SMILES string of the molecule is O=C(/C=C/NCc1ccc2c(c1)OCO2)c1ccc(Cl)c(Cl)c1. The number of benzene rings is 2. The van der Waals surface area contributed by atoms with Gasteiger partial charge in [-0.05, 0) is 35.9 Å². The van der Waals surface area contributed by atoms with E-state index < -0.39 is 0 Å². The molecule has 6 heteroatoms. The summed E-state index contributed by atoms with van der Waals surface area (Å²) in [6.45, 7) is 0.825. The van der Waals surface area contributed by atoms with E-state index in [2.05, 4.69) is 5.32 Å². The highest BCUT2D eigenvalue weighted by molar-refractivity contribution is 6.42. The van der Waals surface area contributed by atoms with Crippen molar-refractivity contribution in [1.29, 1.82) is 0 Å². The van der Waals surface area contributed by atoms with Crippen LogP contribution in [-0.2, 0) is 6.54 Å². The Morgan fingerprint density at radius 2 is 1.91 bits per heavy atom. The van der Waals surface area contributed by atoms with Gasteiger partial charge in [0.05, 0.1) is 10.0 Å². The average molecular weight is 350 g/mol. The molecule has 0 aromatic heterocycles. The van der Waals surface area contributed by atoms with Crippen molar-refractivity contribution in [2.75, 3.05) is 6.79 Å². The van der Waals surface area contributed by atoms with Crippen LogP contribution in [0.1, 0.15) is 15.9 Å². The summed E-state index contributed by atoms with van der Waals surface area (Å²) in [7, 11) is 0. The summed E-state index contributed by atoms with van der Waals surface area (Å²) in [6, 6.07) is 10.5. The van der Waals surface area contributed by atoms with Crippen molar-refractivity contribution < 1.29 is 14.3 Å². The Morgan fingerprint density at radius 3 is 2.74 bits per heavy atom. The molecule has 0 saturated heterocycles. The maximum atomic E-state index is 12.0. The normalized spacial score (nSPS) is 12.6. The Labute approximate surface area is 143 Å². The quantitative estimate of drug-likeness (QED) is 0.648. The monoisotopic (exact) mass is 349 g/mol. The van der Waals surface area contributed by atoms with Crippen molar-refractivity contribution in [2.24, 2.45) is 0 Å². The average Bonchev–Trinajstić information content (AvgIpc) is 3.01.